The fraction of sp³-hybridized carbons (Fsp3) is 0.467. The minimum absolute atomic E-state index is 0.0508. The quantitative estimate of drug-likeness (QED) is 0.897. The molecular weight excluding hydrogens is 259 g/mol. The number of amides is 2. The van der Waals surface area contributed by atoms with Gasteiger partial charge in [-0.25, -0.2) is 4.39 Å². The van der Waals surface area contributed by atoms with Crippen molar-refractivity contribution in [3.8, 4) is 0 Å². The first kappa shape index (κ1) is 16.1. The Morgan fingerprint density at radius 2 is 1.90 bits per heavy atom. The zero-order valence-electron chi connectivity index (χ0n) is 12.3. The van der Waals surface area contributed by atoms with Crippen molar-refractivity contribution in [1.82, 2.24) is 10.2 Å². The zero-order chi connectivity index (χ0) is 15.3. The third-order valence-corrected chi connectivity index (χ3v) is 3.19. The van der Waals surface area contributed by atoms with E-state index in [0.29, 0.717) is 6.54 Å². The summed E-state index contributed by atoms with van der Waals surface area (Å²) in [7, 11) is 1.67. The molecule has 0 saturated heterocycles. The third-order valence-electron chi connectivity index (χ3n) is 3.19. The van der Waals surface area contributed by atoms with Crippen LogP contribution < -0.4 is 5.32 Å². The smallest absolute Gasteiger partial charge is 0.254 e. The van der Waals surface area contributed by atoms with Crippen molar-refractivity contribution >= 4 is 11.8 Å². The number of benzene rings is 1. The summed E-state index contributed by atoms with van der Waals surface area (Å²) in [6, 6.07) is 5.06. The van der Waals surface area contributed by atoms with E-state index in [-0.39, 0.29) is 17.4 Å². The van der Waals surface area contributed by atoms with Crippen LogP contribution in [0.4, 0.5) is 4.39 Å². The molecule has 0 bridgehead atoms. The number of carbonyl (C=O) groups excluding carboxylic acids is 2. The molecule has 0 saturated carbocycles. The van der Waals surface area contributed by atoms with Crippen LogP contribution in [0.2, 0.25) is 0 Å². The average Bonchev–Trinajstić information content (AvgIpc) is 2.43. The largest absolute Gasteiger partial charge is 0.344 e. The van der Waals surface area contributed by atoms with Gasteiger partial charge in [0, 0.05) is 13.6 Å². The maximum atomic E-state index is 13.6. The number of nitrogens with zero attached hydrogens (tertiary/aromatic N) is 1. The molecule has 1 N–H and O–H groups in total. The third kappa shape index (κ3) is 3.79. The molecule has 0 aliphatic rings. The van der Waals surface area contributed by atoms with Gasteiger partial charge in [-0.3, -0.25) is 9.59 Å². The van der Waals surface area contributed by atoms with Gasteiger partial charge >= 0.3 is 0 Å². The number of rotatable bonds is 5. The van der Waals surface area contributed by atoms with Crippen molar-refractivity contribution in [2.45, 2.75) is 26.8 Å². The summed E-state index contributed by atoms with van der Waals surface area (Å²) in [4.78, 5) is 25.8. The van der Waals surface area contributed by atoms with Gasteiger partial charge < -0.3 is 10.2 Å². The summed E-state index contributed by atoms with van der Waals surface area (Å²) >= 11 is 0. The van der Waals surface area contributed by atoms with Crippen LogP contribution in [0.5, 0.6) is 0 Å². The summed E-state index contributed by atoms with van der Waals surface area (Å²) in [5, 5.41) is 2.62. The lowest BCUT2D eigenvalue weighted by Gasteiger charge is -2.26. The molecule has 1 atom stereocenters. The van der Waals surface area contributed by atoms with Crippen molar-refractivity contribution in [2.75, 3.05) is 13.6 Å². The molecule has 20 heavy (non-hydrogen) atoms. The zero-order valence-corrected chi connectivity index (χ0v) is 12.3. The summed E-state index contributed by atoms with van der Waals surface area (Å²) in [6.07, 6.45) is 0. The van der Waals surface area contributed by atoms with Crippen LogP contribution in [0.25, 0.3) is 0 Å². The number of hydrogen-bond acceptors (Lipinski definition) is 2. The molecular formula is C15H21FN2O2. The van der Waals surface area contributed by atoms with Gasteiger partial charge in [-0.05, 0) is 25.0 Å². The van der Waals surface area contributed by atoms with Crippen molar-refractivity contribution in [1.29, 1.82) is 0 Å². The molecule has 4 nitrogen and oxygen atoms in total. The molecule has 1 aromatic rings. The number of halogens is 1. The van der Waals surface area contributed by atoms with Crippen LogP contribution in [-0.4, -0.2) is 36.3 Å². The number of hydrogen-bond donors (Lipinski definition) is 1. The standard InChI is InChI=1S/C15H21FN2O2/c1-5-18(4)15(20)13(10(2)3)17-14(19)11-8-6-7-9-12(11)16/h6-10,13H,5H2,1-4H3,(H,17,19). The lowest BCUT2D eigenvalue weighted by molar-refractivity contribution is -0.132. The lowest BCUT2D eigenvalue weighted by atomic mass is 10.0. The molecule has 1 rings (SSSR count). The van der Waals surface area contributed by atoms with E-state index in [1.54, 1.807) is 13.1 Å². The molecule has 1 unspecified atom stereocenters. The van der Waals surface area contributed by atoms with Crippen LogP contribution in [0.3, 0.4) is 0 Å². The summed E-state index contributed by atoms with van der Waals surface area (Å²) in [5.41, 5.74) is -0.0508. The summed E-state index contributed by atoms with van der Waals surface area (Å²) in [6.45, 7) is 6.09. The minimum atomic E-state index is -0.660. The molecule has 0 radical (unpaired) electrons. The van der Waals surface area contributed by atoms with Gasteiger partial charge in [-0.1, -0.05) is 26.0 Å². The molecule has 5 heteroatoms. The van der Waals surface area contributed by atoms with Crippen molar-refractivity contribution in [2.24, 2.45) is 5.92 Å². The predicted molar refractivity (Wildman–Crippen MR) is 75.8 cm³/mol. The highest BCUT2D eigenvalue weighted by atomic mass is 19.1. The number of likely N-dealkylation sites (N-methyl/N-ethyl adjacent to an activating group) is 1. The van der Waals surface area contributed by atoms with E-state index < -0.39 is 17.8 Å². The van der Waals surface area contributed by atoms with Gasteiger partial charge in [0.1, 0.15) is 11.9 Å². The Kier molecular flexibility index (Phi) is 5.67. The Labute approximate surface area is 119 Å². The van der Waals surface area contributed by atoms with Gasteiger partial charge in [-0.15, -0.1) is 0 Å². The van der Waals surface area contributed by atoms with Crippen molar-refractivity contribution < 1.29 is 14.0 Å². The molecule has 0 fully saturated rings. The topological polar surface area (TPSA) is 49.4 Å². The molecule has 0 aromatic heterocycles. The minimum Gasteiger partial charge on any atom is -0.344 e. The van der Waals surface area contributed by atoms with Crippen molar-refractivity contribution in [3.63, 3.8) is 0 Å². The Bertz CT molecular complexity index is 489. The highest BCUT2D eigenvalue weighted by Crippen LogP contribution is 2.10. The van der Waals surface area contributed by atoms with E-state index in [9.17, 15) is 14.0 Å². The fourth-order valence-electron chi connectivity index (χ4n) is 1.77. The van der Waals surface area contributed by atoms with Gasteiger partial charge in [-0.2, -0.15) is 0 Å². The Morgan fingerprint density at radius 3 is 2.40 bits per heavy atom. The maximum absolute atomic E-state index is 13.6. The maximum Gasteiger partial charge on any atom is 0.254 e. The molecule has 2 amide bonds. The Hall–Kier alpha value is -1.91. The van der Waals surface area contributed by atoms with E-state index in [1.165, 1.54) is 23.1 Å². The van der Waals surface area contributed by atoms with E-state index in [2.05, 4.69) is 5.32 Å². The SMILES string of the molecule is CCN(C)C(=O)C(NC(=O)c1ccccc1F)C(C)C. The van der Waals surface area contributed by atoms with Crippen LogP contribution in [0, 0.1) is 11.7 Å². The van der Waals surface area contributed by atoms with Gasteiger partial charge in [0.15, 0.2) is 0 Å². The van der Waals surface area contributed by atoms with E-state index >= 15 is 0 Å². The molecule has 0 heterocycles. The van der Waals surface area contributed by atoms with Crippen LogP contribution in [0.15, 0.2) is 24.3 Å². The second-order valence-electron chi connectivity index (χ2n) is 5.03. The predicted octanol–water partition coefficient (Wildman–Crippen LogP) is 2.06. The van der Waals surface area contributed by atoms with E-state index in [0.717, 1.165) is 0 Å². The molecule has 1 aromatic carbocycles. The van der Waals surface area contributed by atoms with E-state index in [4.69, 9.17) is 0 Å². The highest BCUT2D eigenvalue weighted by molar-refractivity contribution is 5.97. The number of carbonyl (C=O) groups is 2. The lowest BCUT2D eigenvalue weighted by Crippen LogP contribution is -2.50. The van der Waals surface area contributed by atoms with Crippen LogP contribution in [-0.2, 0) is 4.79 Å². The first-order chi connectivity index (χ1) is 9.38. The first-order valence-electron chi connectivity index (χ1n) is 6.68. The fourth-order valence-corrected chi connectivity index (χ4v) is 1.77. The molecule has 0 aliphatic carbocycles. The van der Waals surface area contributed by atoms with Gasteiger partial charge in [0.25, 0.3) is 5.91 Å². The van der Waals surface area contributed by atoms with Crippen LogP contribution >= 0.6 is 0 Å². The summed E-state index contributed by atoms with van der Waals surface area (Å²) in [5.74, 6) is -1.41. The average molecular weight is 280 g/mol. The van der Waals surface area contributed by atoms with Gasteiger partial charge in [0.2, 0.25) is 5.91 Å². The Morgan fingerprint density at radius 1 is 1.30 bits per heavy atom. The second kappa shape index (κ2) is 7.03. The molecule has 0 spiro atoms. The van der Waals surface area contributed by atoms with Crippen LogP contribution in [0.1, 0.15) is 31.1 Å². The second-order valence-corrected chi connectivity index (χ2v) is 5.03. The first-order valence-corrected chi connectivity index (χ1v) is 6.68. The molecule has 110 valence electrons. The monoisotopic (exact) mass is 280 g/mol. The van der Waals surface area contributed by atoms with Crippen molar-refractivity contribution in [3.05, 3.63) is 35.6 Å². The normalized spacial score (nSPS) is 12.1. The van der Waals surface area contributed by atoms with E-state index in [1.807, 2.05) is 20.8 Å². The van der Waals surface area contributed by atoms with Gasteiger partial charge in [0.05, 0.1) is 5.56 Å². The highest BCUT2D eigenvalue weighted by Gasteiger charge is 2.27. The number of nitrogens with one attached hydrogen (secondary N) is 1. The molecule has 0 aliphatic heterocycles. The Balaban J connectivity index is 2.89. The summed E-state index contributed by atoms with van der Waals surface area (Å²) < 4.78 is 13.6.